The smallest absolute Gasteiger partial charge is 0.306 e. The molecule has 0 saturated heterocycles. The number of rotatable bonds is 39. The molecule has 0 aliphatic heterocycles. The quantitative estimate of drug-likeness (QED) is 0.0199. The lowest BCUT2D eigenvalue weighted by Crippen LogP contribution is -2.37. The maximum Gasteiger partial charge on any atom is 0.306 e. The summed E-state index contributed by atoms with van der Waals surface area (Å²) >= 11 is 0. The SMILES string of the molecule is CCCCCCCC/C=C/C/C=C/CCCCC(=O)OC[C@H](COP(=O)([O-])OCC[N+](C)(C)C)OC(=O)CC/C=C/CCCCCCCCCCCCC. The average molecular weight is 784 g/mol. The predicted molar refractivity (Wildman–Crippen MR) is 222 cm³/mol. The first-order valence-electron chi connectivity index (χ1n) is 21.7. The molecule has 9 nitrogen and oxygen atoms in total. The van der Waals surface area contributed by atoms with E-state index in [-0.39, 0.29) is 26.1 Å². The Balaban J connectivity index is 4.46. The lowest BCUT2D eigenvalue weighted by molar-refractivity contribution is -0.870. The maximum absolute atomic E-state index is 12.6. The summed E-state index contributed by atoms with van der Waals surface area (Å²) in [5.74, 6) is -0.929. The number of quaternary nitrogens is 1. The molecule has 2 atom stereocenters. The lowest BCUT2D eigenvalue weighted by atomic mass is 10.1. The molecule has 0 amide bonds. The van der Waals surface area contributed by atoms with Gasteiger partial charge in [-0.05, 0) is 57.8 Å². The highest BCUT2D eigenvalue weighted by molar-refractivity contribution is 7.45. The van der Waals surface area contributed by atoms with Gasteiger partial charge in [0.25, 0.3) is 7.82 Å². The third-order valence-electron chi connectivity index (χ3n) is 9.15. The van der Waals surface area contributed by atoms with Crippen molar-refractivity contribution in [2.24, 2.45) is 0 Å². The second kappa shape index (κ2) is 36.8. The highest BCUT2D eigenvalue weighted by atomic mass is 31.2. The van der Waals surface area contributed by atoms with Crippen molar-refractivity contribution < 1.29 is 42.1 Å². The Morgan fingerprint density at radius 2 is 1.04 bits per heavy atom. The Morgan fingerprint density at radius 3 is 1.56 bits per heavy atom. The molecule has 0 N–H and O–H groups in total. The summed E-state index contributed by atoms with van der Waals surface area (Å²) in [6, 6.07) is 0. The van der Waals surface area contributed by atoms with Crippen LogP contribution in [0.4, 0.5) is 0 Å². The van der Waals surface area contributed by atoms with Crippen molar-refractivity contribution in [1.82, 2.24) is 0 Å². The predicted octanol–water partition coefficient (Wildman–Crippen LogP) is 11.5. The zero-order valence-corrected chi connectivity index (χ0v) is 36.3. The molecular formula is C44H82NO8P. The van der Waals surface area contributed by atoms with Crippen LogP contribution in [-0.2, 0) is 32.7 Å². The number of hydrogen-bond donors (Lipinski definition) is 0. The van der Waals surface area contributed by atoms with Crippen LogP contribution >= 0.6 is 7.82 Å². The van der Waals surface area contributed by atoms with Gasteiger partial charge >= 0.3 is 11.9 Å². The first-order valence-corrected chi connectivity index (χ1v) is 23.2. The summed E-state index contributed by atoms with van der Waals surface area (Å²) in [4.78, 5) is 37.4. The zero-order valence-electron chi connectivity index (χ0n) is 35.4. The van der Waals surface area contributed by atoms with Gasteiger partial charge in [0.05, 0.1) is 27.7 Å². The van der Waals surface area contributed by atoms with E-state index in [1.54, 1.807) is 0 Å². The molecule has 10 heteroatoms. The fraction of sp³-hybridized carbons (Fsp3) is 0.818. The van der Waals surface area contributed by atoms with Crippen LogP contribution in [0, 0.1) is 0 Å². The molecular weight excluding hydrogens is 701 g/mol. The van der Waals surface area contributed by atoms with E-state index in [2.05, 4.69) is 44.2 Å². The molecule has 54 heavy (non-hydrogen) atoms. The van der Waals surface area contributed by atoms with Crippen LogP contribution in [0.1, 0.15) is 181 Å². The minimum atomic E-state index is -4.64. The van der Waals surface area contributed by atoms with Crippen LogP contribution in [0.2, 0.25) is 0 Å². The third kappa shape index (κ3) is 39.9. The van der Waals surface area contributed by atoms with E-state index in [9.17, 15) is 19.0 Å². The zero-order chi connectivity index (χ0) is 40.0. The van der Waals surface area contributed by atoms with E-state index in [1.807, 2.05) is 27.2 Å². The van der Waals surface area contributed by atoms with Gasteiger partial charge in [0.15, 0.2) is 6.10 Å². The highest BCUT2D eigenvalue weighted by Gasteiger charge is 2.21. The normalized spacial score (nSPS) is 14.0. The van der Waals surface area contributed by atoms with E-state index in [0.29, 0.717) is 23.9 Å². The topological polar surface area (TPSA) is 111 Å². The minimum absolute atomic E-state index is 0.0413. The van der Waals surface area contributed by atoms with Gasteiger partial charge in [0, 0.05) is 12.8 Å². The Hall–Kier alpha value is -1.77. The van der Waals surface area contributed by atoms with Crippen molar-refractivity contribution in [2.75, 3.05) is 47.5 Å². The number of ether oxygens (including phenoxy) is 2. The monoisotopic (exact) mass is 784 g/mol. The largest absolute Gasteiger partial charge is 0.756 e. The Kier molecular flexibility index (Phi) is 35.6. The number of nitrogens with zero attached hydrogens (tertiary/aromatic N) is 1. The average Bonchev–Trinajstić information content (AvgIpc) is 3.12. The molecule has 0 spiro atoms. The number of esters is 2. The van der Waals surface area contributed by atoms with E-state index >= 15 is 0 Å². The molecule has 0 aromatic rings. The summed E-state index contributed by atoms with van der Waals surface area (Å²) in [5, 5.41) is 0. The third-order valence-corrected chi connectivity index (χ3v) is 10.1. The van der Waals surface area contributed by atoms with Crippen molar-refractivity contribution in [2.45, 2.75) is 187 Å². The van der Waals surface area contributed by atoms with E-state index in [1.165, 1.54) is 103 Å². The van der Waals surface area contributed by atoms with Crippen LogP contribution < -0.4 is 4.89 Å². The summed E-state index contributed by atoms with van der Waals surface area (Å²) in [7, 11) is 1.13. The molecule has 316 valence electrons. The van der Waals surface area contributed by atoms with Crippen LogP contribution in [-0.4, -0.2) is 70.0 Å². The first kappa shape index (κ1) is 52.2. The van der Waals surface area contributed by atoms with Gasteiger partial charge in [-0.3, -0.25) is 14.2 Å². The lowest BCUT2D eigenvalue weighted by Gasteiger charge is -2.28. The van der Waals surface area contributed by atoms with Crippen molar-refractivity contribution >= 4 is 19.8 Å². The summed E-state index contributed by atoms with van der Waals surface area (Å²) in [5.41, 5.74) is 0. The second-order valence-corrected chi connectivity index (χ2v) is 17.1. The second-order valence-electron chi connectivity index (χ2n) is 15.7. The standard InChI is InChI=1S/C44H82NO8P/c1-6-8-10-12-14-16-18-20-22-24-26-28-30-32-34-36-43(46)50-40-42(41-52-54(48,49)51-39-38-45(3,4)5)53-44(47)37-35-33-31-29-27-25-23-21-19-17-15-13-11-9-7-2/h20,22,26,28,31,33,42H,6-19,21,23-25,27,29-30,32,34-41H2,1-5H3/b22-20+,28-26+,33-31+/t42-/m1/s1. The number of phosphoric acid groups is 1. The molecule has 0 aliphatic carbocycles. The molecule has 0 aliphatic rings. The Morgan fingerprint density at radius 1 is 0.574 bits per heavy atom. The number of phosphoric ester groups is 1. The number of carbonyl (C=O) groups is 2. The molecule has 0 fully saturated rings. The van der Waals surface area contributed by atoms with E-state index in [4.69, 9.17) is 18.5 Å². The maximum atomic E-state index is 12.6. The Labute approximate surface area is 331 Å². The van der Waals surface area contributed by atoms with Crippen LogP contribution in [0.5, 0.6) is 0 Å². The van der Waals surface area contributed by atoms with Crippen molar-refractivity contribution in [3.8, 4) is 0 Å². The van der Waals surface area contributed by atoms with Gasteiger partial charge in [0.1, 0.15) is 19.8 Å². The molecule has 0 saturated carbocycles. The van der Waals surface area contributed by atoms with Gasteiger partial charge in [-0.15, -0.1) is 0 Å². The molecule has 0 heterocycles. The fourth-order valence-corrected chi connectivity index (χ4v) is 6.43. The van der Waals surface area contributed by atoms with Crippen LogP contribution in [0.15, 0.2) is 36.5 Å². The molecule has 0 aromatic heterocycles. The molecule has 0 aromatic carbocycles. The van der Waals surface area contributed by atoms with Gasteiger partial charge in [-0.25, -0.2) is 0 Å². The number of unbranched alkanes of at least 4 members (excludes halogenated alkanes) is 19. The first-order chi connectivity index (χ1) is 26.0. The molecule has 0 rings (SSSR count). The van der Waals surface area contributed by atoms with Crippen LogP contribution in [0.3, 0.4) is 0 Å². The van der Waals surface area contributed by atoms with Gasteiger partial charge in [-0.1, -0.05) is 147 Å². The number of hydrogen-bond acceptors (Lipinski definition) is 8. The van der Waals surface area contributed by atoms with Gasteiger partial charge < -0.3 is 27.9 Å². The van der Waals surface area contributed by atoms with Gasteiger partial charge in [0.2, 0.25) is 0 Å². The summed E-state index contributed by atoms with van der Waals surface area (Å²) in [6.45, 7) is 4.14. The summed E-state index contributed by atoms with van der Waals surface area (Å²) < 4.78 is 33.8. The molecule has 0 radical (unpaired) electrons. The number of carbonyl (C=O) groups excluding carboxylic acids is 2. The van der Waals surface area contributed by atoms with Crippen molar-refractivity contribution in [3.63, 3.8) is 0 Å². The highest BCUT2D eigenvalue weighted by Crippen LogP contribution is 2.38. The minimum Gasteiger partial charge on any atom is -0.756 e. The molecule has 0 bridgehead atoms. The van der Waals surface area contributed by atoms with Crippen molar-refractivity contribution in [3.05, 3.63) is 36.5 Å². The van der Waals surface area contributed by atoms with Gasteiger partial charge in [-0.2, -0.15) is 0 Å². The Bertz CT molecular complexity index is 1020. The van der Waals surface area contributed by atoms with Crippen LogP contribution in [0.25, 0.3) is 0 Å². The molecule has 1 unspecified atom stereocenters. The fourth-order valence-electron chi connectivity index (χ4n) is 5.70. The number of allylic oxidation sites excluding steroid dienone is 6. The van der Waals surface area contributed by atoms with Crippen molar-refractivity contribution in [1.29, 1.82) is 0 Å². The summed E-state index contributed by atoms with van der Waals surface area (Å²) in [6.07, 6.45) is 40.4. The number of likely N-dealkylation sites (N-methyl/N-ethyl adjacent to an activating group) is 1. The van der Waals surface area contributed by atoms with E-state index < -0.39 is 32.5 Å². The van der Waals surface area contributed by atoms with E-state index in [0.717, 1.165) is 38.5 Å².